The molecular weight excluding hydrogens is 244 g/mol. The Hall–Kier alpha value is -1.26. The van der Waals surface area contributed by atoms with Crippen LogP contribution in [0, 0.1) is 17.8 Å². The minimum Gasteiger partial charge on any atom is -0.481 e. The molecule has 0 bridgehead atoms. The molecule has 3 unspecified atom stereocenters. The Morgan fingerprint density at radius 1 is 1.26 bits per heavy atom. The Morgan fingerprint density at radius 2 is 2.05 bits per heavy atom. The second-order valence-corrected chi connectivity index (χ2v) is 6.02. The van der Waals surface area contributed by atoms with Gasteiger partial charge < -0.3 is 15.3 Å². The van der Waals surface area contributed by atoms with Crippen LogP contribution >= 0.6 is 0 Å². The molecule has 108 valence electrons. The maximum absolute atomic E-state index is 12.0. The van der Waals surface area contributed by atoms with Crippen LogP contribution < -0.4 is 5.32 Å². The van der Waals surface area contributed by atoms with Gasteiger partial charge in [0.1, 0.15) is 0 Å². The average molecular weight is 268 g/mol. The molecular formula is C14H24N2O3. The van der Waals surface area contributed by atoms with E-state index in [0.717, 1.165) is 38.8 Å². The lowest BCUT2D eigenvalue weighted by Gasteiger charge is -2.31. The van der Waals surface area contributed by atoms with E-state index in [1.165, 1.54) is 6.42 Å². The number of amides is 2. The number of likely N-dealkylation sites (tertiary alicyclic amines) is 1. The van der Waals surface area contributed by atoms with E-state index < -0.39 is 5.97 Å². The Labute approximate surface area is 114 Å². The molecule has 2 N–H and O–H groups in total. The largest absolute Gasteiger partial charge is 0.481 e. The Balaban J connectivity index is 1.78. The molecule has 19 heavy (non-hydrogen) atoms. The third-order valence-corrected chi connectivity index (χ3v) is 4.44. The molecule has 5 heteroatoms. The van der Waals surface area contributed by atoms with Crippen LogP contribution in [-0.4, -0.2) is 41.6 Å². The molecule has 0 aromatic rings. The predicted molar refractivity (Wildman–Crippen MR) is 71.8 cm³/mol. The fourth-order valence-electron chi connectivity index (χ4n) is 3.31. The molecule has 0 aromatic carbocycles. The first-order valence-electron chi connectivity index (χ1n) is 7.33. The van der Waals surface area contributed by atoms with Gasteiger partial charge in [-0.1, -0.05) is 13.3 Å². The van der Waals surface area contributed by atoms with Crippen LogP contribution in [0.15, 0.2) is 0 Å². The third-order valence-electron chi connectivity index (χ3n) is 4.44. The number of hydrogen-bond donors (Lipinski definition) is 2. The van der Waals surface area contributed by atoms with E-state index in [-0.39, 0.29) is 17.9 Å². The zero-order chi connectivity index (χ0) is 13.8. The molecule has 1 saturated carbocycles. The van der Waals surface area contributed by atoms with Crippen molar-refractivity contribution in [3.8, 4) is 0 Å². The van der Waals surface area contributed by atoms with Crippen LogP contribution in [-0.2, 0) is 4.79 Å². The van der Waals surface area contributed by atoms with Crippen LogP contribution in [0.4, 0.5) is 4.79 Å². The van der Waals surface area contributed by atoms with Crippen LogP contribution in [0.3, 0.4) is 0 Å². The first kappa shape index (κ1) is 14.2. The summed E-state index contributed by atoms with van der Waals surface area (Å²) in [5, 5.41) is 12.0. The minimum absolute atomic E-state index is 0.0254. The highest BCUT2D eigenvalue weighted by atomic mass is 16.4. The summed E-state index contributed by atoms with van der Waals surface area (Å²) < 4.78 is 0. The van der Waals surface area contributed by atoms with E-state index in [4.69, 9.17) is 5.11 Å². The fraction of sp³-hybridized carbons (Fsp3) is 0.857. The summed E-state index contributed by atoms with van der Waals surface area (Å²) in [4.78, 5) is 25.0. The van der Waals surface area contributed by atoms with E-state index in [9.17, 15) is 9.59 Å². The van der Waals surface area contributed by atoms with Crippen molar-refractivity contribution in [2.45, 2.75) is 39.0 Å². The summed E-state index contributed by atoms with van der Waals surface area (Å²) >= 11 is 0. The molecule has 2 amide bonds. The number of aliphatic carboxylic acids is 1. The molecule has 2 aliphatic rings. The number of carboxylic acid groups (broad SMARTS) is 1. The fourth-order valence-corrected chi connectivity index (χ4v) is 3.31. The quantitative estimate of drug-likeness (QED) is 0.821. The number of rotatable bonds is 3. The maximum Gasteiger partial charge on any atom is 0.317 e. The van der Waals surface area contributed by atoms with Crippen molar-refractivity contribution in [1.82, 2.24) is 10.2 Å². The first-order valence-corrected chi connectivity index (χ1v) is 7.33. The number of nitrogens with zero attached hydrogens (tertiary/aromatic N) is 1. The Kier molecular flexibility index (Phi) is 4.66. The van der Waals surface area contributed by atoms with Gasteiger partial charge in [-0.15, -0.1) is 0 Å². The van der Waals surface area contributed by atoms with Gasteiger partial charge in [-0.3, -0.25) is 4.79 Å². The van der Waals surface area contributed by atoms with E-state index in [2.05, 4.69) is 12.2 Å². The standard InChI is InChI=1S/C14H24N2O3/c1-10-4-3-7-16(9-10)14(19)15-8-11-5-2-6-12(11)13(17)18/h10-12H,2-9H2,1H3,(H,15,19)(H,17,18). The summed E-state index contributed by atoms with van der Waals surface area (Å²) in [6.45, 7) is 4.31. The van der Waals surface area contributed by atoms with Crippen molar-refractivity contribution in [2.75, 3.05) is 19.6 Å². The summed E-state index contributed by atoms with van der Waals surface area (Å²) in [5.74, 6) is -0.328. The SMILES string of the molecule is CC1CCCN(C(=O)NCC2CCCC2C(=O)O)C1. The monoisotopic (exact) mass is 268 g/mol. The van der Waals surface area contributed by atoms with Crippen molar-refractivity contribution < 1.29 is 14.7 Å². The second kappa shape index (κ2) is 6.26. The second-order valence-electron chi connectivity index (χ2n) is 6.02. The maximum atomic E-state index is 12.0. The number of piperidine rings is 1. The van der Waals surface area contributed by atoms with E-state index in [1.807, 2.05) is 4.90 Å². The molecule has 1 aliphatic heterocycles. The molecule has 0 spiro atoms. The van der Waals surface area contributed by atoms with E-state index >= 15 is 0 Å². The lowest BCUT2D eigenvalue weighted by Crippen LogP contribution is -2.46. The van der Waals surface area contributed by atoms with Crippen molar-refractivity contribution >= 4 is 12.0 Å². The lowest BCUT2D eigenvalue weighted by atomic mass is 9.96. The highest BCUT2D eigenvalue weighted by Crippen LogP contribution is 2.31. The molecule has 3 atom stereocenters. The smallest absolute Gasteiger partial charge is 0.317 e. The molecule has 1 heterocycles. The zero-order valence-electron chi connectivity index (χ0n) is 11.6. The number of nitrogens with one attached hydrogen (secondary N) is 1. The van der Waals surface area contributed by atoms with Crippen LogP contribution in [0.25, 0.3) is 0 Å². The van der Waals surface area contributed by atoms with Gasteiger partial charge in [-0.05, 0) is 37.5 Å². The molecule has 5 nitrogen and oxygen atoms in total. The number of carbonyl (C=O) groups excluding carboxylic acids is 1. The van der Waals surface area contributed by atoms with Crippen LogP contribution in [0.2, 0.25) is 0 Å². The highest BCUT2D eigenvalue weighted by Gasteiger charge is 2.33. The van der Waals surface area contributed by atoms with Crippen LogP contribution in [0.5, 0.6) is 0 Å². The first-order chi connectivity index (χ1) is 9.08. The molecule has 0 aromatic heterocycles. The summed E-state index contributed by atoms with van der Waals surface area (Å²) in [7, 11) is 0. The zero-order valence-corrected chi connectivity index (χ0v) is 11.6. The Bertz CT molecular complexity index is 346. The number of hydrogen-bond acceptors (Lipinski definition) is 2. The van der Waals surface area contributed by atoms with Crippen molar-refractivity contribution in [3.63, 3.8) is 0 Å². The van der Waals surface area contributed by atoms with Gasteiger partial charge >= 0.3 is 12.0 Å². The van der Waals surface area contributed by atoms with Gasteiger partial charge in [0.15, 0.2) is 0 Å². The van der Waals surface area contributed by atoms with Gasteiger partial charge in [-0.2, -0.15) is 0 Å². The van der Waals surface area contributed by atoms with Gasteiger partial charge in [-0.25, -0.2) is 4.79 Å². The van der Waals surface area contributed by atoms with Gasteiger partial charge in [0.2, 0.25) is 0 Å². The topological polar surface area (TPSA) is 69.6 Å². The molecule has 1 aliphatic carbocycles. The summed E-state index contributed by atoms with van der Waals surface area (Å²) in [6.07, 6.45) is 4.87. The summed E-state index contributed by atoms with van der Waals surface area (Å²) in [5.41, 5.74) is 0. The molecule has 2 fully saturated rings. The van der Waals surface area contributed by atoms with Crippen LogP contribution in [0.1, 0.15) is 39.0 Å². The normalized spacial score (nSPS) is 31.2. The number of urea groups is 1. The number of carbonyl (C=O) groups is 2. The van der Waals surface area contributed by atoms with E-state index in [0.29, 0.717) is 12.5 Å². The van der Waals surface area contributed by atoms with Gasteiger partial charge in [0, 0.05) is 19.6 Å². The molecule has 2 rings (SSSR count). The number of carboxylic acids is 1. The van der Waals surface area contributed by atoms with Gasteiger partial charge in [0.05, 0.1) is 5.92 Å². The Morgan fingerprint density at radius 3 is 2.74 bits per heavy atom. The molecule has 1 saturated heterocycles. The summed E-state index contributed by atoms with van der Waals surface area (Å²) in [6, 6.07) is -0.0254. The third kappa shape index (κ3) is 3.61. The lowest BCUT2D eigenvalue weighted by molar-refractivity contribution is -0.142. The van der Waals surface area contributed by atoms with Gasteiger partial charge in [0.25, 0.3) is 0 Å². The van der Waals surface area contributed by atoms with Crippen molar-refractivity contribution in [3.05, 3.63) is 0 Å². The minimum atomic E-state index is -0.719. The highest BCUT2D eigenvalue weighted by molar-refractivity contribution is 5.74. The van der Waals surface area contributed by atoms with Crippen molar-refractivity contribution in [2.24, 2.45) is 17.8 Å². The van der Waals surface area contributed by atoms with Crippen molar-refractivity contribution in [1.29, 1.82) is 0 Å². The average Bonchev–Trinajstić information content (AvgIpc) is 2.84. The molecule has 0 radical (unpaired) electrons. The van der Waals surface area contributed by atoms with E-state index in [1.54, 1.807) is 0 Å². The predicted octanol–water partition coefficient (Wildman–Crippen LogP) is 1.93.